The lowest BCUT2D eigenvalue weighted by atomic mass is 10.3. The predicted octanol–water partition coefficient (Wildman–Crippen LogP) is 3.99. The number of pyridine rings is 1. The topological polar surface area (TPSA) is 84.0 Å². The zero-order chi connectivity index (χ0) is 18.5. The lowest BCUT2D eigenvalue weighted by Crippen LogP contribution is -2.27. The Bertz CT molecular complexity index is 924. The zero-order valence-corrected chi connectivity index (χ0v) is 16.2. The Labute approximate surface area is 163 Å². The molecule has 0 atom stereocenters. The minimum Gasteiger partial charge on any atom is -0.351 e. The zero-order valence-electron chi connectivity index (χ0n) is 13.8. The number of carbonyl (C=O) groups excluding carboxylic acids is 2. The monoisotopic (exact) mass is 406 g/mol. The third kappa shape index (κ3) is 4.66. The van der Waals surface area contributed by atoms with Crippen LogP contribution in [-0.2, 0) is 4.79 Å². The fourth-order valence-electron chi connectivity index (χ4n) is 2.17. The number of anilines is 1. The van der Waals surface area contributed by atoms with E-state index in [4.69, 9.17) is 11.6 Å². The number of amides is 2. The normalized spacial score (nSPS) is 10.5. The summed E-state index contributed by atoms with van der Waals surface area (Å²) in [7, 11) is 0. The van der Waals surface area contributed by atoms with Gasteiger partial charge in [-0.15, -0.1) is 22.7 Å². The first-order chi connectivity index (χ1) is 12.5. The smallest absolute Gasteiger partial charge is 0.263 e. The van der Waals surface area contributed by atoms with Crippen molar-refractivity contribution in [3.05, 3.63) is 51.6 Å². The van der Waals surface area contributed by atoms with Gasteiger partial charge in [0.1, 0.15) is 9.88 Å². The molecule has 3 heterocycles. The molecule has 9 heteroatoms. The molecule has 0 aliphatic rings. The molecule has 0 saturated carbocycles. The Hall–Kier alpha value is -2.29. The number of rotatable bonds is 6. The summed E-state index contributed by atoms with van der Waals surface area (Å²) >= 11 is 8.69. The van der Waals surface area contributed by atoms with E-state index in [1.807, 2.05) is 6.07 Å². The SMILES string of the molecule is Cc1nc(-c2ccc(Cl)s2)sc1C(=O)NCCC(=O)Nc1cccnc1. The Morgan fingerprint density at radius 2 is 2.08 bits per heavy atom. The Kier molecular flexibility index (Phi) is 5.97. The van der Waals surface area contributed by atoms with Gasteiger partial charge in [0.25, 0.3) is 5.91 Å². The number of nitrogens with zero attached hydrogens (tertiary/aromatic N) is 2. The average Bonchev–Trinajstić information content (AvgIpc) is 3.21. The maximum atomic E-state index is 12.4. The Balaban J connectivity index is 1.54. The first-order valence-electron chi connectivity index (χ1n) is 7.74. The van der Waals surface area contributed by atoms with Crippen LogP contribution in [0.4, 0.5) is 5.69 Å². The molecule has 3 aromatic heterocycles. The number of aromatic nitrogens is 2. The van der Waals surface area contributed by atoms with Crippen molar-refractivity contribution in [2.24, 2.45) is 0 Å². The highest BCUT2D eigenvalue weighted by Gasteiger charge is 2.17. The molecule has 0 aliphatic heterocycles. The highest BCUT2D eigenvalue weighted by molar-refractivity contribution is 7.24. The van der Waals surface area contributed by atoms with E-state index in [0.717, 1.165) is 9.88 Å². The molecule has 3 aromatic rings. The molecule has 134 valence electrons. The molecule has 0 saturated heterocycles. The van der Waals surface area contributed by atoms with Gasteiger partial charge in [-0.1, -0.05) is 11.6 Å². The van der Waals surface area contributed by atoms with Crippen LogP contribution < -0.4 is 10.6 Å². The van der Waals surface area contributed by atoms with Gasteiger partial charge in [-0.2, -0.15) is 0 Å². The molecule has 2 amide bonds. The summed E-state index contributed by atoms with van der Waals surface area (Å²) in [5, 5.41) is 6.24. The highest BCUT2D eigenvalue weighted by Crippen LogP contribution is 2.34. The van der Waals surface area contributed by atoms with Crippen LogP contribution >= 0.6 is 34.3 Å². The first-order valence-corrected chi connectivity index (χ1v) is 9.75. The van der Waals surface area contributed by atoms with E-state index >= 15 is 0 Å². The largest absolute Gasteiger partial charge is 0.351 e. The van der Waals surface area contributed by atoms with Crippen LogP contribution in [0.1, 0.15) is 21.8 Å². The number of aryl methyl sites for hydroxylation is 1. The van der Waals surface area contributed by atoms with E-state index in [9.17, 15) is 9.59 Å². The van der Waals surface area contributed by atoms with Gasteiger partial charge in [-0.3, -0.25) is 14.6 Å². The molecule has 0 aliphatic carbocycles. The van der Waals surface area contributed by atoms with E-state index in [1.54, 1.807) is 37.5 Å². The maximum absolute atomic E-state index is 12.4. The summed E-state index contributed by atoms with van der Waals surface area (Å²) in [4.78, 5) is 34.1. The second-order valence-electron chi connectivity index (χ2n) is 5.33. The van der Waals surface area contributed by atoms with Gasteiger partial charge in [-0.05, 0) is 31.2 Å². The van der Waals surface area contributed by atoms with Gasteiger partial charge in [0, 0.05) is 19.2 Å². The standard InChI is InChI=1S/C17H15ClN4O2S2/c1-10-15(26-17(21-10)12-4-5-13(18)25-12)16(24)20-8-6-14(23)22-11-3-2-7-19-9-11/h2-5,7,9H,6,8H2,1H3,(H,20,24)(H,22,23). The molecule has 0 aromatic carbocycles. The summed E-state index contributed by atoms with van der Waals surface area (Å²) in [5.41, 5.74) is 1.29. The molecule has 0 unspecified atom stereocenters. The van der Waals surface area contributed by atoms with E-state index in [-0.39, 0.29) is 24.8 Å². The van der Waals surface area contributed by atoms with Crippen LogP contribution in [-0.4, -0.2) is 28.3 Å². The molecule has 0 fully saturated rings. The van der Waals surface area contributed by atoms with E-state index in [2.05, 4.69) is 20.6 Å². The van der Waals surface area contributed by atoms with Gasteiger partial charge in [0.15, 0.2) is 0 Å². The van der Waals surface area contributed by atoms with Crippen LogP contribution in [0, 0.1) is 6.92 Å². The van der Waals surface area contributed by atoms with E-state index < -0.39 is 0 Å². The van der Waals surface area contributed by atoms with Crippen molar-refractivity contribution in [2.75, 3.05) is 11.9 Å². The van der Waals surface area contributed by atoms with Crippen LogP contribution in [0.3, 0.4) is 0 Å². The number of hydrogen-bond acceptors (Lipinski definition) is 6. The first kappa shape index (κ1) is 18.5. The van der Waals surface area contributed by atoms with Crippen molar-refractivity contribution in [3.8, 4) is 9.88 Å². The molecule has 0 bridgehead atoms. The van der Waals surface area contributed by atoms with Crippen molar-refractivity contribution in [1.82, 2.24) is 15.3 Å². The molecule has 0 radical (unpaired) electrons. The summed E-state index contributed by atoms with van der Waals surface area (Å²) in [6.07, 6.45) is 3.37. The third-order valence-electron chi connectivity index (χ3n) is 3.37. The van der Waals surface area contributed by atoms with Gasteiger partial charge >= 0.3 is 0 Å². The quantitative estimate of drug-likeness (QED) is 0.648. The van der Waals surface area contributed by atoms with Crippen molar-refractivity contribution in [1.29, 1.82) is 0 Å². The minimum atomic E-state index is -0.233. The Morgan fingerprint density at radius 1 is 1.23 bits per heavy atom. The van der Waals surface area contributed by atoms with Crippen molar-refractivity contribution >= 4 is 51.8 Å². The second kappa shape index (κ2) is 8.39. The average molecular weight is 407 g/mol. The lowest BCUT2D eigenvalue weighted by molar-refractivity contribution is -0.116. The Morgan fingerprint density at radius 3 is 2.77 bits per heavy atom. The molecule has 3 rings (SSSR count). The molecule has 26 heavy (non-hydrogen) atoms. The van der Waals surface area contributed by atoms with Gasteiger partial charge in [-0.25, -0.2) is 4.98 Å². The molecular formula is C17H15ClN4O2S2. The van der Waals surface area contributed by atoms with Gasteiger partial charge < -0.3 is 10.6 Å². The molecule has 0 spiro atoms. The summed E-state index contributed by atoms with van der Waals surface area (Å²) < 4.78 is 0.679. The highest BCUT2D eigenvalue weighted by atomic mass is 35.5. The number of halogens is 1. The fourth-order valence-corrected chi connectivity index (χ4v) is 4.25. The van der Waals surface area contributed by atoms with E-state index in [0.29, 0.717) is 20.6 Å². The number of hydrogen-bond donors (Lipinski definition) is 2. The number of thiophene rings is 1. The van der Waals surface area contributed by atoms with Crippen molar-refractivity contribution in [2.45, 2.75) is 13.3 Å². The number of thiazole rings is 1. The molecular weight excluding hydrogens is 392 g/mol. The van der Waals surface area contributed by atoms with Crippen LogP contribution in [0.25, 0.3) is 9.88 Å². The summed E-state index contributed by atoms with van der Waals surface area (Å²) in [6.45, 7) is 2.03. The second-order valence-corrected chi connectivity index (χ2v) is 8.05. The van der Waals surface area contributed by atoms with E-state index in [1.165, 1.54) is 22.7 Å². The number of carbonyl (C=O) groups is 2. The summed E-state index contributed by atoms with van der Waals surface area (Å²) in [6, 6.07) is 7.18. The van der Waals surface area contributed by atoms with Crippen LogP contribution in [0.5, 0.6) is 0 Å². The minimum absolute atomic E-state index is 0.172. The predicted molar refractivity (Wildman–Crippen MR) is 105 cm³/mol. The van der Waals surface area contributed by atoms with Crippen molar-refractivity contribution in [3.63, 3.8) is 0 Å². The molecule has 2 N–H and O–H groups in total. The van der Waals surface area contributed by atoms with Crippen LogP contribution in [0.2, 0.25) is 4.34 Å². The van der Waals surface area contributed by atoms with Gasteiger partial charge in [0.05, 0.1) is 26.8 Å². The third-order valence-corrected chi connectivity index (χ3v) is 5.93. The van der Waals surface area contributed by atoms with Crippen molar-refractivity contribution < 1.29 is 9.59 Å². The molecule has 6 nitrogen and oxygen atoms in total. The number of nitrogens with one attached hydrogen (secondary N) is 2. The maximum Gasteiger partial charge on any atom is 0.263 e. The van der Waals surface area contributed by atoms with Gasteiger partial charge in [0.2, 0.25) is 5.91 Å². The summed E-state index contributed by atoms with van der Waals surface area (Å²) in [5.74, 6) is -0.420. The fraction of sp³-hybridized carbons (Fsp3) is 0.176. The van der Waals surface area contributed by atoms with Crippen LogP contribution in [0.15, 0.2) is 36.7 Å². The lowest BCUT2D eigenvalue weighted by Gasteiger charge is -2.05.